The molecule has 9 heteroatoms. The molecular weight excluding hydrogens is 1020 g/mol. The van der Waals surface area contributed by atoms with Crippen LogP contribution >= 0.6 is 0 Å². The highest BCUT2D eigenvalue weighted by Crippen LogP contribution is 2.60. The van der Waals surface area contributed by atoms with Gasteiger partial charge in [-0.1, -0.05) is 265 Å². The summed E-state index contributed by atoms with van der Waals surface area (Å²) in [5, 5.41) is 0. The van der Waals surface area contributed by atoms with Gasteiger partial charge >= 0.3 is 0 Å². The number of unbranched alkanes of at least 4 members (excludes halogenated alkanes) is 21. The quantitative estimate of drug-likeness (QED) is 0.0438. The fourth-order valence-electron chi connectivity index (χ4n) is 14.5. The normalized spacial score (nSPS) is 28.5. The molecule has 6 aliphatic rings. The highest BCUT2D eigenvalue weighted by Gasteiger charge is 2.82. The van der Waals surface area contributed by atoms with E-state index in [9.17, 15) is 0 Å². The summed E-state index contributed by atoms with van der Waals surface area (Å²) in [6.07, 6.45) is 61.1. The number of hydrogen-bond acceptors (Lipinski definition) is 9. The van der Waals surface area contributed by atoms with Crippen molar-refractivity contribution in [2.75, 3.05) is 26.4 Å². The molecule has 9 nitrogen and oxygen atoms in total. The van der Waals surface area contributed by atoms with Crippen molar-refractivity contribution in [1.29, 1.82) is 0 Å². The van der Waals surface area contributed by atoms with Crippen molar-refractivity contribution in [3.63, 3.8) is 0 Å². The molecule has 82 heavy (non-hydrogen) atoms. The van der Waals surface area contributed by atoms with E-state index in [1.165, 1.54) is 135 Å². The van der Waals surface area contributed by atoms with Crippen molar-refractivity contribution < 1.29 is 42.6 Å². The molecule has 0 aromatic rings. The largest absolute Gasteiger partial charge is 0.372 e. The van der Waals surface area contributed by atoms with Crippen molar-refractivity contribution in [3.8, 4) is 0 Å². The van der Waals surface area contributed by atoms with Gasteiger partial charge < -0.3 is 42.6 Å². The molecule has 5 unspecified atom stereocenters. The van der Waals surface area contributed by atoms with Crippen molar-refractivity contribution >= 4 is 0 Å². The maximum atomic E-state index is 8.59. The van der Waals surface area contributed by atoms with E-state index in [0.29, 0.717) is 32.8 Å². The summed E-state index contributed by atoms with van der Waals surface area (Å²) in [5.41, 5.74) is 0. The van der Waals surface area contributed by atoms with E-state index in [1.54, 1.807) is 0 Å². The zero-order chi connectivity index (χ0) is 57.5. The number of ether oxygens (including phenoxy) is 9. The Bertz CT molecular complexity index is 1500. The van der Waals surface area contributed by atoms with Crippen LogP contribution in [0.2, 0.25) is 0 Å². The van der Waals surface area contributed by atoms with E-state index in [4.69, 9.17) is 42.6 Å². The first-order valence-electron chi connectivity index (χ1n) is 37.4. The minimum absolute atomic E-state index is 0.0120. The van der Waals surface area contributed by atoms with Crippen LogP contribution in [0.5, 0.6) is 0 Å². The Morgan fingerprint density at radius 1 is 0.256 bits per heavy atom. The molecule has 5 atom stereocenters. The predicted octanol–water partition coefficient (Wildman–Crippen LogP) is 21.7. The highest BCUT2D eigenvalue weighted by molar-refractivity contribution is 5.15. The molecule has 0 spiro atoms. The maximum absolute atomic E-state index is 8.59. The van der Waals surface area contributed by atoms with E-state index >= 15 is 0 Å². The van der Waals surface area contributed by atoms with E-state index in [-0.39, 0.29) is 30.5 Å². The molecule has 482 valence electrons. The van der Waals surface area contributed by atoms with Crippen LogP contribution in [0.4, 0.5) is 0 Å². The standard InChI is InChI=1S/C73H136O9/c1-5-9-13-16-18-20-21-26-33-46-63-77-73(82-68-57-58-68)71(75-61-44-15-11-7-3,76-62-45-32-25-19-17-14-10-6-2)69(74-60-43-12-8-4)56-39-30-27-31-42-59-70(79-65-50-37-34-38-51-65,78-64-48-35-28-23-22-24-29-36-49-64)72(73,81-67-54-47-55-67)80-66-52-40-41-53-66/h64-69H,5-63H2,1-4H3. The second kappa shape index (κ2) is 42.5. The second-order valence-electron chi connectivity index (χ2n) is 27.5. The average Bonchev–Trinajstić information content (AvgIpc) is 1.67. The Labute approximate surface area is 507 Å². The zero-order valence-corrected chi connectivity index (χ0v) is 54.9. The van der Waals surface area contributed by atoms with Gasteiger partial charge in [0.25, 0.3) is 17.4 Å². The molecule has 6 aliphatic carbocycles. The Morgan fingerprint density at radius 2 is 0.561 bits per heavy atom. The lowest BCUT2D eigenvalue weighted by atomic mass is 9.79. The van der Waals surface area contributed by atoms with Gasteiger partial charge in [0.05, 0.1) is 50.3 Å². The Balaban J connectivity index is 1.64. The van der Waals surface area contributed by atoms with E-state index in [1.807, 2.05) is 0 Å². The molecule has 0 amide bonds. The summed E-state index contributed by atoms with van der Waals surface area (Å²) in [6.45, 7) is 11.4. The van der Waals surface area contributed by atoms with Gasteiger partial charge in [0.2, 0.25) is 5.79 Å². The Morgan fingerprint density at radius 3 is 1.00 bits per heavy atom. The third kappa shape index (κ3) is 23.5. The molecule has 0 saturated heterocycles. The molecule has 0 heterocycles. The van der Waals surface area contributed by atoms with Gasteiger partial charge in [0.15, 0.2) is 0 Å². The second-order valence-corrected chi connectivity index (χ2v) is 27.5. The Kier molecular flexibility index (Phi) is 36.7. The van der Waals surface area contributed by atoms with Crippen molar-refractivity contribution in [1.82, 2.24) is 0 Å². The molecule has 0 aliphatic heterocycles. The minimum atomic E-state index is -1.79. The third-order valence-corrected chi connectivity index (χ3v) is 20.0. The summed E-state index contributed by atoms with van der Waals surface area (Å²) >= 11 is 0. The highest BCUT2D eigenvalue weighted by atomic mass is 16.9. The molecule has 6 fully saturated rings. The lowest BCUT2D eigenvalue weighted by molar-refractivity contribution is -0.570. The first-order valence-corrected chi connectivity index (χ1v) is 37.4. The van der Waals surface area contributed by atoms with Gasteiger partial charge in [0.1, 0.15) is 6.10 Å². The van der Waals surface area contributed by atoms with Crippen molar-refractivity contribution in [2.24, 2.45) is 0 Å². The van der Waals surface area contributed by atoms with Crippen molar-refractivity contribution in [2.45, 2.75) is 441 Å². The molecule has 0 aromatic heterocycles. The van der Waals surface area contributed by atoms with E-state index < -0.39 is 29.3 Å². The van der Waals surface area contributed by atoms with Gasteiger partial charge in [0, 0.05) is 13.0 Å². The first kappa shape index (κ1) is 70.7. The maximum Gasteiger partial charge on any atom is 0.288 e. The SMILES string of the molecule is CCCCCCCCCCCCOC1(OC2CC2)C(OCCCCCC)(OCCCCCCCCCC)C(OCCCCC)CCCCCCCC(OC2CCCCCCCCC2)(OC2CCCCC2)C1(OC1CCCC1)OC1CCC1. The summed E-state index contributed by atoms with van der Waals surface area (Å²) in [7, 11) is 0. The lowest BCUT2D eigenvalue weighted by Crippen LogP contribution is -2.85. The predicted molar refractivity (Wildman–Crippen MR) is 340 cm³/mol. The van der Waals surface area contributed by atoms with Crippen LogP contribution in [0, 0.1) is 0 Å². The van der Waals surface area contributed by atoms with Crippen LogP contribution in [0.1, 0.15) is 381 Å². The molecule has 6 saturated carbocycles. The molecule has 6 rings (SSSR count). The lowest BCUT2D eigenvalue weighted by Gasteiger charge is -2.64. The zero-order valence-electron chi connectivity index (χ0n) is 54.9. The summed E-state index contributed by atoms with van der Waals surface area (Å²) in [4.78, 5) is 0. The number of rotatable bonds is 43. The van der Waals surface area contributed by atoms with Crippen LogP contribution < -0.4 is 0 Å². The van der Waals surface area contributed by atoms with Crippen LogP contribution in [0.3, 0.4) is 0 Å². The van der Waals surface area contributed by atoms with Gasteiger partial charge in [-0.15, -0.1) is 0 Å². The van der Waals surface area contributed by atoms with Gasteiger partial charge in [-0.3, -0.25) is 0 Å². The topological polar surface area (TPSA) is 83.1 Å². The molecule has 0 aromatic carbocycles. The first-order chi connectivity index (χ1) is 40.5. The van der Waals surface area contributed by atoms with Gasteiger partial charge in [-0.05, 0) is 109 Å². The third-order valence-electron chi connectivity index (χ3n) is 20.0. The van der Waals surface area contributed by atoms with Gasteiger partial charge in [-0.2, -0.15) is 0 Å². The van der Waals surface area contributed by atoms with Crippen LogP contribution in [-0.2, 0) is 42.6 Å². The monoisotopic (exact) mass is 1160 g/mol. The summed E-state index contributed by atoms with van der Waals surface area (Å²) in [6, 6.07) is 0. The van der Waals surface area contributed by atoms with E-state index in [2.05, 4.69) is 27.7 Å². The Hall–Kier alpha value is -0.360. The molecule has 0 bridgehead atoms. The average molecular weight is 1160 g/mol. The summed E-state index contributed by atoms with van der Waals surface area (Å²) in [5.74, 6) is -6.51. The van der Waals surface area contributed by atoms with Crippen LogP contribution in [-0.4, -0.2) is 86.2 Å². The molecule has 0 radical (unpaired) electrons. The minimum Gasteiger partial charge on any atom is -0.372 e. The summed E-state index contributed by atoms with van der Waals surface area (Å²) < 4.78 is 75.0. The fourth-order valence-corrected chi connectivity index (χ4v) is 14.5. The molecular formula is C73H136O9. The van der Waals surface area contributed by atoms with Gasteiger partial charge in [-0.25, -0.2) is 0 Å². The van der Waals surface area contributed by atoms with Crippen molar-refractivity contribution in [3.05, 3.63) is 0 Å². The molecule has 0 N–H and O–H groups in total. The smallest absolute Gasteiger partial charge is 0.288 e. The van der Waals surface area contributed by atoms with E-state index in [0.717, 1.165) is 212 Å². The fraction of sp³-hybridized carbons (Fsp3) is 1.00. The number of hydrogen-bond donors (Lipinski definition) is 0. The van der Waals surface area contributed by atoms with Crippen LogP contribution in [0.15, 0.2) is 0 Å². The van der Waals surface area contributed by atoms with Crippen LogP contribution in [0.25, 0.3) is 0 Å².